The van der Waals surface area contributed by atoms with Gasteiger partial charge < -0.3 is 16.0 Å². The van der Waals surface area contributed by atoms with Gasteiger partial charge in [-0.05, 0) is 44.9 Å². The first-order valence-corrected chi connectivity index (χ1v) is 6.67. The molecule has 3 N–H and O–H groups in total. The molecule has 1 aromatic heterocycles. The van der Waals surface area contributed by atoms with Gasteiger partial charge in [-0.1, -0.05) is 0 Å². The van der Waals surface area contributed by atoms with E-state index in [9.17, 15) is 4.79 Å². The van der Waals surface area contributed by atoms with Gasteiger partial charge in [-0.15, -0.1) is 10.2 Å². The molecule has 1 aliphatic heterocycles. The fourth-order valence-corrected chi connectivity index (χ4v) is 2.49. The van der Waals surface area contributed by atoms with Crippen molar-refractivity contribution in [3.05, 3.63) is 17.8 Å². The smallest absolute Gasteiger partial charge is 0.269 e. The number of aromatic nitrogens is 2. The molecule has 1 atom stereocenters. The van der Waals surface area contributed by atoms with Gasteiger partial charge in [-0.3, -0.25) is 4.79 Å². The largest absolute Gasteiger partial charge is 0.364 e. The van der Waals surface area contributed by atoms with Crippen LogP contribution in [0.3, 0.4) is 0 Å². The van der Waals surface area contributed by atoms with Crippen molar-refractivity contribution in [1.82, 2.24) is 15.5 Å². The van der Waals surface area contributed by atoms with Crippen LogP contribution in [0.2, 0.25) is 0 Å². The molecule has 2 rings (SSSR count). The third-order valence-electron chi connectivity index (χ3n) is 3.93. The van der Waals surface area contributed by atoms with Crippen LogP contribution in [0, 0.1) is 5.92 Å². The Bertz CT molecular complexity index is 425. The molecule has 1 aromatic rings. The highest BCUT2D eigenvalue weighted by atomic mass is 16.1. The minimum atomic E-state index is -0.541. The molecule has 0 spiro atoms. The summed E-state index contributed by atoms with van der Waals surface area (Å²) < 4.78 is 0. The van der Waals surface area contributed by atoms with Crippen LogP contribution < -0.4 is 16.0 Å². The number of piperidine rings is 1. The lowest BCUT2D eigenvalue weighted by atomic mass is 9.90. The Balaban J connectivity index is 1.96. The van der Waals surface area contributed by atoms with Crippen molar-refractivity contribution in [2.24, 2.45) is 11.7 Å². The lowest BCUT2D eigenvalue weighted by molar-refractivity contribution is 0.0994. The number of amides is 1. The van der Waals surface area contributed by atoms with Gasteiger partial charge in [-0.25, -0.2) is 0 Å². The maximum atomic E-state index is 10.9. The minimum Gasteiger partial charge on any atom is -0.364 e. The number of primary amides is 1. The van der Waals surface area contributed by atoms with Crippen molar-refractivity contribution in [1.29, 1.82) is 0 Å². The summed E-state index contributed by atoms with van der Waals surface area (Å²) in [4.78, 5) is 13.1. The number of anilines is 1. The molecule has 6 nitrogen and oxygen atoms in total. The Hall–Kier alpha value is -1.69. The third-order valence-corrected chi connectivity index (χ3v) is 3.93. The molecule has 0 radical (unpaired) electrons. The highest BCUT2D eigenvalue weighted by molar-refractivity contribution is 5.90. The molecule has 1 aliphatic rings. The first-order valence-electron chi connectivity index (χ1n) is 6.67. The topological polar surface area (TPSA) is 84.1 Å². The molecule has 1 fully saturated rings. The van der Waals surface area contributed by atoms with Crippen molar-refractivity contribution >= 4 is 11.7 Å². The molecule has 1 amide bonds. The van der Waals surface area contributed by atoms with E-state index in [4.69, 9.17) is 5.73 Å². The third kappa shape index (κ3) is 3.20. The Morgan fingerprint density at radius 1 is 1.42 bits per heavy atom. The predicted octanol–water partition coefficient (Wildman–Crippen LogP) is 0.400. The Kier molecular flexibility index (Phi) is 4.31. The van der Waals surface area contributed by atoms with E-state index in [1.165, 1.54) is 0 Å². The summed E-state index contributed by atoms with van der Waals surface area (Å²) in [5.41, 5.74) is 5.36. The lowest BCUT2D eigenvalue weighted by Crippen LogP contribution is -2.41. The average Bonchev–Trinajstić information content (AvgIpc) is 2.46. The maximum absolute atomic E-state index is 10.9. The van der Waals surface area contributed by atoms with E-state index in [-0.39, 0.29) is 5.69 Å². The van der Waals surface area contributed by atoms with E-state index in [2.05, 4.69) is 27.3 Å². The zero-order valence-corrected chi connectivity index (χ0v) is 11.5. The van der Waals surface area contributed by atoms with Crippen LogP contribution in [-0.4, -0.2) is 42.3 Å². The van der Waals surface area contributed by atoms with Gasteiger partial charge in [0.15, 0.2) is 11.5 Å². The number of nitrogens with zero attached hydrogens (tertiary/aromatic N) is 3. The van der Waals surface area contributed by atoms with E-state index in [0.29, 0.717) is 12.0 Å². The Morgan fingerprint density at radius 2 is 2.11 bits per heavy atom. The van der Waals surface area contributed by atoms with Crippen LogP contribution in [0.15, 0.2) is 12.1 Å². The van der Waals surface area contributed by atoms with E-state index in [0.717, 1.165) is 31.7 Å². The molecule has 6 heteroatoms. The highest BCUT2D eigenvalue weighted by Crippen LogP contribution is 2.23. The summed E-state index contributed by atoms with van der Waals surface area (Å²) >= 11 is 0. The second-order valence-corrected chi connectivity index (χ2v) is 5.04. The van der Waals surface area contributed by atoms with Crippen LogP contribution in [0.25, 0.3) is 0 Å². The van der Waals surface area contributed by atoms with Gasteiger partial charge in [0.2, 0.25) is 0 Å². The summed E-state index contributed by atoms with van der Waals surface area (Å²) in [5, 5.41) is 11.2. The summed E-state index contributed by atoms with van der Waals surface area (Å²) in [6, 6.07) is 3.99. The van der Waals surface area contributed by atoms with Crippen LogP contribution in [0.4, 0.5) is 5.82 Å². The summed E-state index contributed by atoms with van der Waals surface area (Å²) in [6.45, 7) is 4.17. The van der Waals surface area contributed by atoms with Crippen LogP contribution in [0.5, 0.6) is 0 Å². The first kappa shape index (κ1) is 13.7. The van der Waals surface area contributed by atoms with Crippen LogP contribution >= 0.6 is 0 Å². The minimum absolute atomic E-state index is 0.211. The Morgan fingerprint density at radius 3 is 2.58 bits per heavy atom. The molecule has 104 valence electrons. The van der Waals surface area contributed by atoms with Gasteiger partial charge in [-0.2, -0.15) is 0 Å². The SMILES string of the molecule is CNC(C)C1CCN(c2ccc(C(N)=O)nn2)CC1. The van der Waals surface area contributed by atoms with Gasteiger partial charge in [0.05, 0.1) is 0 Å². The molecule has 0 saturated carbocycles. The van der Waals surface area contributed by atoms with E-state index in [1.54, 1.807) is 6.07 Å². The normalized spacial score (nSPS) is 18.3. The van der Waals surface area contributed by atoms with Gasteiger partial charge in [0.25, 0.3) is 5.91 Å². The highest BCUT2D eigenvalue weighted by Gasteiger charge is 2.23. The number of hydrogen-bond donors (Lipinski definition) is 2. The lowest BCUT2D eigenvalue weighted by Gasteiger charge is -2.35. The molecule has 1 unspecified atom stereocenters. The maximum Gasteiger partial charge on any atom is 0.269 e. The molecule has 0 aliphatic carbocycles. The fourth-order valence-electron chi connectivity index (χ4n) is 2.49. The number of nitrogens with one attached hydrogen (secondary N) is 1. The number of nitrogens with two attached hydrogens (primary N) is 1. The standard InChI is InChI=1S/C13H21N5O/c1-9(15-2)10-5-7-18(8-6-10)12-4-3-11(13(14)19)16-17-12/h3-4,9-10,15H,5-8H2,1-2H3,(H2,14,19). The zero-order chi connectivity index (χ0) is 13.8. The van der Waals surface area contributed by atoms with Crippen LogP contribution in [0.1, 0.15) is 30.3 Å². The predicted molar refractivity (Wildman–Crippen MR) is 74.0 cm³/mol. The molecule has 1 saturated heterocycles. The quantitative estimate of drug-likeness (QED) is 0.821. The monoisotopic (exact) mass is 263 g/mol. The van der Waals surface area contributed by atoms with Gasteiger partial charge in [0, 0.05) is 19.1 Å². The fraction of sp³-hybridized carbons (Fsp3) is 0.615. The van der Waals surface area contributed by atoms with Crippen molar-refractivity contribution in [3.8, 4) is 0 Å². The van der Waals surface area contributed by atoms with Crippen molar-refractivity contribution in [3.63, 3.8) is 0 Å². The second kappa shape index (κ2) is 5.97. The number of hydrogen-bond acceptors (Lipinski definition) is 5. The second-order valence-electron chi connectivity index (χ2n) is 5.04. The van der Waals surface area contributed by atoms with E-state index >= 15 is 0 Å². The van der Waals surface area contributed by atoms with Crippen molar-refractivity contribution < 1.29 is 4.79 Å². The number of carbonyl (C=O) groups excluding carboxylic acids is 1. The van der Waals surface area contributed by atoms with Crippen molar-refractivity contribution in [2.75, 3.05) is 25.0 Å². The van der Waals surface area contributed by atoms with Crippen LogP contribution in [-0.2, 0) is 0 Å². The Labute approximate surface area is 113 Å². The van der Waals surface area contributed by atoms with Gasteiger partial charge in [0.1, 0.15) is 0 Å². The molecule has 0 aromatic carbocycles. The molecular weight excluding hydrogens is 242 g/mol. The average molecular weight is 263 g/mol. The summed E-state index contributed by atoms with van der Waals surface area (Å²) in [5.74, 6) is 0.986. The molecule has 19 heavy (non-hydrogen) atoms. The van der Waals surface area contributed by atoms with E-state index in [1.807, 2.05) is 13.1 Å². The van der Waals surface area contributed by atoms with Crippen molar-refractivity contribution in [2.45, 2.75) is 25.8 Å². The molecular formula is C13H21N5O. The molecule has 2 heterocycles. The van der Waals surface area contributed by atoms with Gasteiger partial charge >= 0.3 is 0 Å². The zero-order valence-electron chi connectivity index (χ0n) is 11.5. The van der Waals surface area contributed by atoms with E-state index < -0.39 is 5.91 Å². The first-order chi connectivity index (χ1) is 9.11. The summed E-state index contributed by atoms with van der Waals surface area (Å²) in [6.07, 6.45) is 2.28. The number of carbonyl (C=O) groups is 1. The molecule has 0 bridgehead atoms. The summed E-state index contributed by atoms with van der Waals surface area (Å²) in [7, 11) is 2.01. The number of rotatable bonds is 4.